The minimum absolute atomic E-state index is 0.0928. The molecule has 0 spiro atoms. The molecule has 1 aliphatic carbocycles. The molecule has 6 heteroatoms. The highest BCUT2D eigenvalue weighted by Gasteiger charge is 2.39. The summed E-state index contributed by atoms with van der Waals surface area (Å²) in [5, 5.41) is 0. The summed E-state index contributed by atoms with van der Waals surface area (Å²) < 4.78 is 24.5. The first kappa shape index (κ1) is 12.8. The molecule has 2 rings (SSSR count). The topological polar surface area (TPSA) is 66.5 Å². The maximum Gasteiger partial charge on any atom is 0.240 e. The van der Waals surface area contributed by atoms with E-state index in [9.17, 15) is 13.2 Å². The number of fused-ring (bicyclic) bond motifs is 1. The third-order valence-corrected chi connectivity index (χ3v) is 4.58. The van der Waals surface area contributed by atoms with Crippen LogP contribution in [-0.4, -0.2) is 44.6 Å². The van der Waals surface area contributed by atoms with Crippen molar-refractivity contribution in [2.24, 2.45) is 11.8 Å². The predicted octanol–water partition coefficient (Wildman–Crippen LogP) is 0.183. The number of sulfonamides is 1. The van der Waals surface area contributed by atoms with Crippen molar-refractivity contribution < 1.29 is 13.2 Å². The SMILES string of the molecule is CC(NS(C)(=O)=O)C(=O)N1CC2CCCC2C1. The van der Waals surface area contributed by atoms with E-state index in [2.05, 4.69) is 4.72 Å². The molecule has 1 amide bonds. The molecule has 3 atom stereocenters. The van der Waals surface area contributed by atoms with Crippen molar-refractivity contribution in [2.75, 3.05) is 19.3 Å². The lowest BCUT2D eigenvalue weighted by Gasteiger charge is -2.21. The van der Waals surface area contributed by atoms with E-state index in [-0.39, 0.29) is 5.91 Å². The zero-order chi connectivity index (χ0) is 12.6. The van der Waals surface area contributed by atoms with Crippen LogP contribution < -0.4 is 4.72 Å². The second-order valence-electron chi connectivity index (χ2n) is 5.31. The van der Waals surface area contributed by atoms with Gasteiger partial charge in [0, 0.05) is 13.1 Å². The lowest BCUT2D eigenvalue weighted by Crippen LogP contribution is -2.46. The van der Waals surface area contributed by atoms with Crippen molar-refractivity contribution in [2.45, 2.75) is 32.2 Å². The first-order valence-electron chi connectivity index (χ1n) is 6.13. The van der Waals surface area contributed by atoms with Crippen LogP contribution in [0.25, 0.3) is 0 Å². The molecule has 1 N–H and O–H groups in total. The molecule has 0 aromatic rings. The van der Waals surface area contributed by atoms with Crippen molar-refractivity contribution in [1.82, 2.24) is 9.62 Å². The normalized spacial score (nSPS) is 30.4. The standard InChI is InChI=1S/C11H20N2O3S/c1-8(12-17(2,15)16)11(14)13-6-9-4-3-5-10(9)7-13/h8-10,12H,3-7H2,1-2H3. The third-order valence-electron chi connectivity index (χ3n) is 3.80. The van der Waals surface area contributed by atoms with E-state index in [1.54, 1.807) is 6.92 Å². The molecule has 2 fully saturated rings. The predicted molar refractivity (Wildman–Crippen MR) is 64.9 cm³/mol. The van der Waals surface area contributed by atoms with Crippen LogP contribution in [0, 0.1) is 11.8 Å². The van der Waals surface area contributed by atoms with Gasteiger partial charge >= 0.3 is 0 Å². The van der Waals surface area contributed by atoms with Gasteiger partial charge in [-0.05, 0) is 31.6 Å². The van der Waals surface area contributed by atoms with Gasteiger partial charge < -0.3 is 4.90 Å². The molecule has 0 bridgehead atoms. The molecular formula is C11H20N2O3S. The van der Waals surface area contributed by atoms with E-state index in [4.69, 9.17) is 0 Å². The summed E-state index contributed by atoms with van der Waals surface area (Å²) in [6, 6.07) is -0.649. The number of nitrogens with one attached hydrogen (secondary N) is 1. The first-order chi connectivity index (χ1) is 7.87. The van der Waals surface area contributed by atoms with Gasteiger partial charge in [0.15, 0.2) is 0 Å². The molecule has 3 unspecified atom stereocenters. The van der Waals surface area contributed by atoms with Gasteiger partial charge in [0.05, 0.1) is 12.3 Å². The smallest absolute Gasteiger partial charge is 0.240 e. The number of hydrogen-bond acceptors (Lipinski definition) is 3. The summed E-state index contributed by atoms with van der Waals surface area (Å²) in [4.78, 5) is 13.9. The number of likely N-dealkylation sites (tertiary alicyclic amines) is 1. The zero-order valence-corrected chi connectivity index (χ0v) is 11.2. The molecule has 1 saturated carbocycles. The fraction of sp³-hybridized carbons (Fsp3) is 0.909. The number of hydrogen-bond donors (Lipinski definition) is 1. The van der Waals surface area contributed by atoms with Crippen molar-refractivity contribution in [3.05, 3.63) is 0 Å². The highest BCUT2D eigenvalue weighted by Crippen LogP contribution is 2.37. The Balaban J connectivity index is 1.93. The van der Waals surface area contributed by atoms with Crippen molar-refractivity contribution in [3.63, 3.8) is 0 Å². The number of rotatable bonds is 3. The summed E-state index contributed by atoms with van der Waals surface area (Å²) >= 11 is 0. The largest absolute Gasteiger partial charge is 0.341 e. The Labute approximate surface area is 103 Å². The Bertz CT molecular complexity index is 395. The van der Waals surface area contributed by atoms with E-state index >= 15 is 0 Å². The Hall–Kier alpha value is -0.620. The summed E-state index contributed by atoms with van der Waals surface area (Å²) in [6.45, 7) is 3.22. The highest BCUT2D eigenvalue weighted by molar-refractivity contribution is 7.88. The van der Waals surface area contributed by atoms with Gasteiger partial charge in [-0.1, -0.05) is 6.42 Å². The second-order valence-corrected chi connectivity index (χ2v) is 7.09. The maximum atomic E-state index is 12.1. The van der Waals surface area contributed by atoms with Crippen LogP contribution in [0.15, 0.2) is 0 Å². The lowest BCUT2D eigenvalue weighted by atomic mass is 10.0. The summed E-state index contributed by atoms with van der Waals surface area (Å²) in [7, 11) is -3.31. The van der Waals surface area contributed by atoms with Crippen LogP contribution >= 0.6 is 0 Å². The number of carbonyl (C=O) groups is 1. The van der Waals surface area contributed by atoms with Crippen molar-refractivity contribution >= 4 is 15.9 Å². The number of nitrogens with zero attached hydrogens (tertiary/aromatic N) is 1. The van der Waals surface area contributed by atoms with Crippen LogP contribution in [0.5, 0.6) is 0 Å². The monoisotopic (exact) mass is 260 g/mol. The molecule has 5 nitrogen and oxygen atoms in total. The van der Waals surface area contributed by atoms with E-state index in [0.717, 1.165) is 19.3 Å². The van der Waals surface area contributed by atoms with Gasteiger partial charge in [0.25, 0.3) is 0 Å². The minimum atomic E-state index is -3.31. The Morgan fingerprint density at radius 3 is 2.29 bits per heavy atom. The Morgan fingerprint density at radius 1 is 1.29 bits per heavy atom. The number of amides is 1. The van der Waals surface area contributed by atoms with Crippen LogP contribution in [0.1, 0.15) is 26.2 Å². The quantitative estimate of drug-likeness (QED) is 0.787. The Morgan fingerprint density at radius 2 is 1.82 bits per heavy atom. The zero-order valence-electron chi connectivity index (χ0n) is 10.3. The molecule has 1 saturated heterocycles. The molecule has 1 aliphatic heterocycles. The minimum Gasteiger partial charge on any atom is -0.341 e. The van der Waals surface area contributed by atoms with E-state index < -0.39 is 16.1 Å². The van der Waals surface area contributed by atoms with Gasteiger partial charge in [0.2, 0.25) is 15.9 Å². The molecular weight excluding hydrogens is 240 g/mol. The van der Waals surface area contributed by atoms with Gasteiger partial charge in [0.1, 0.15) is 0 Å². The van der Waals surface area contributed by atoms with Crippen LogP contribution in [0.4, 0.5) is 0 Å². The average Bonchev–Trinajstić information content (AvgIpc) is 2.72. The fourth-order valence-corrected chi connectivity index (χ4v) is 3.80. The molecule has 98 valence electrons. The summed E-state index contributed by atoms with van der Waals surface area (Å²) in [5.74, 6) is 1.19. The van der Waals surface area contributed by atoms with Crippen LogP contribution in [0.2, 0.25) is 0 Å². The molecule has 1 heterocycles. The number of carbonyl (C=O) groups excluding carboxylic acids is 1. The first-order valence-corrected chi connectivity index (χ1v) is 8.02. The summed E-state index contributed by atoms with van der Waals surface area (Å²) in [6.07, 6.45) is 4.77. The van der Waals surface area contributed by atoms with Gasteiger partial charge in [-0.15, -0.1) is 0 Å². The van der Waals surface area contributed by atoms with E-state index in [1.165, 1.54) is 19.3 Å². The Kier molecular flexibility index (Phi) is 3.45. The van der Waals surface area contributed by atoms with Gasteiger partial charge in [-0.2, -0.15) is 0 Å². The highest BCUT2D eigenvalue weighted by atomic mass is 32.2. The van der Waals surface area contributed by atoms with Crippen LogP contribution in [-0.2, 0) is 14.8 Å². The maximum absolute atomic E-state index is 12.1. The average molecular weight is 260 g/mol. The second kappa shape index (κ2) is 4.57. The van der Waals surface area contributed by atoms with Crippen molar-refractivity contribution in [1.29, 1.82) is 0 Å². The molecule has 2 aliphatic rings. The fourth-order valence-electron chi connectivity index (χ4n) is 3.06. The van der Waals surface area contributed by atoms with E-state index in [0.29, 0.717) is 11.8 Å². The molecule has 0 radical (unpaired) electrons. The van der Waals surface area contributed by atoms with Crippen LogP contribution in [0.3, 0.4) is 0 Å². The van der Waals surface area contributed by atoms with Gasteiger partial charge in [-0.25, -0.2) is 13.1 Å². The van der Waals surface area contributed by atoms with Crippen molar-refractivity contribution in [3.8, 4) is 0 Å². The van der Waals surface area contributed by atoms with E-state index in [1.807, 2.05) is 4.90 Å². The molecule has 0 aromatic heterocycles. The summed E-state index contributed by atoms with van der Waals surface area (Å²) in [5.41, 5.74) is 0. The lowest BCUT2D eigenvalue weighted by molar-refractivity contribution is -0.131. The molecule has 17 heavy (non-hydrogen) atoms. The third kappa shape index (κ3) is 2.98. The molecule has 0 aromatic carbocycles. The van der Waals surface area contributed by atoms with Gasteiger partial charge in [-0.3, -0.25) is 4.79 Å².